The van der Waals surface area contributed by atoms with Crippen LogP contribution in [-0.4, -0.2) is 32.7 Å². The van der Waals surface area contributed by atoms with E-state index < -0.39 is 0 Å². The Balaban J connectivity index is 1.95. The molecule has 2 aromatic carbocycles. The van der Waals surface area contributed by atoms with E-state index in [1.54, 1.807) is 24.3 Å². The highest BCUT2D eigenvalue weighted by molar-refractivity contribution is 5.91. The van der Waals surface area contributed by atoms with Gasteiger partial charge in [-0.15, -0.1) is 0 Å². The van der Waals surface area contributed by atoms with Crippen LogP contribution in [0.25, 0.3) is 0 Å². The van der Waals surface area contributed by atoms with E-state index in [0.29, 0.717) is 36.9 Å². The number of hydrogen-bond acceptors (Lipinski definition) is 3. The van der Waals surface area contributed by atoms with Gasteiger partial charge < -0.3 is 19.7 Å². The number of hydrogen-bond donors (Lipinski definition) is 2. The first-order valence-electron chi connectivity index (χ1n) is 8.77. The molecule has 0 aliphatic heterocycles. The number of nitrogens with one attached hydrogen (secondary N) is 2. The Bertz CT molecular complexity index is 737. The van der Waals surface area contributed by atoms with Gasteiger partial charge >= 0.3 is 0 Å². The molecule has 0 aliphatic carbocycles. The van der Waals surface area contributed by atoms with Crippen molar-refractivity contribution in [2.75, 3.05) is 32.1 Å². The summed E-state index contributed by atoms with van der Waals surface area (Å²) in [4.78, 5) is 13.2. The molecule has 26 heavy (non-hydrogen) atoms. The van der Waals surface area contributed by atoms with Crippen molar-refractivity contribution < 1.29 is 23.6 Å². The number of likely N-dealkylation sites (N-methyl/N-ethyl adjacent to an activating group) is 1. The lowest BCUT2D eigenvalue weighted by molar-refractivity contribution is -0.885. The lowest BCUT2D eigenvalue weighted by Gasteiger charge is -2.15. The molecule has 1 atom stereocenters. The van der Waals surface area contributed by atoms with Gasteiger partial charge in [0.25, 0.3) is 5.91 Å². The van der Waals surface area contributed by atoms with Crippen LogP contribution in [0.5, 0.6) is 11.5 Å². The van der Waals surface area contributed by atoms with Gasteiger partial charge in [0.15, 0.2) is 18.0 Å². The third-order valence-corrected chi connectivity index (χ3v) is 3.68. The zero-order valence-corrected chi connectivity index (χ0v) is 15.5. The van der Waals surface area contributed by atoms with E-state index in [-0.39, 0.29) is 18.3 Å². The lowest BCUT2D eigenvalue weighted by atomic mass is 10.2. The normalized spacial score (nSPS) is 11.7. The molecule has 6 heteroatoms. The first-order chi connectivity index (χ1) is 12.5. The third-order valence-electron chi connectivity index (χ3n) is 3.68. The molecule has 2 rings (SSSR count). The highest BCUT2D eigenvalue weighted by Crippen LogP contribution is 2.30. The van der Waals surface area contributed by atoms with E-state index in [2.05, 4.69) is 5.32 Å². The van der Waals surface area contributed by atoms with Crippen molar-refractivity contribution in [2.45, 2.75) is 20.4 Å². The second kappa shape index (κ2) is 9.77. The van der Waals surface area contributed by atoms with Gasteiger partial charge in [-0.2, -0.15) is 0 Å². The monoisotopic (exact) mass is 361 g/mol. The Morgan fingerprint density at radius 2 is 1.81 bits per heavy atom. The molecule has 0 radical (unpaired) electrons. The quantitative estimate of drug-likeness (QED) is 0.720. The number of halogens is 1. The fourth-order valence-corrected chi connectivity index (χ4v) is 2.67. The number of ether oxygens (including phenoxy) is 2. The van der Waals surface area contributed by atoms with Gasteiger partial charge in [0.2, 0.25) is 0 Å². The molecule has 1 unspecified atom stereocenters. The Morgan fingerprint density at radius 3 is 2.50 bits per heavy atom. The minimum absolute atomic E-state index is 0.120. The smallest absolute Gasteiger partial charge is 0.279 e. The van der Waals surface area contributed by atoms with Crippen molar-refractivity contribution in [1.82, 2.24) is 0 Å². The molecule has 0 fully saturated rings. The summed E-state index contributed by atoms with van der Waals surface area (Å²) < 4.78 is 24.3. The van der Waals surface area contributed by atoms with Gasteiger partial charge in [-0.3, -0.25) is 4.79 Å². The molecule has 0 saturated heterocycles. The molecule has 140 valence electrons. The van der Waals surface area contributed by atoms with Gasteiger partial charge in [0.05, 0.1) is 20.3 Å². The van der Waals surface area contributed by atoms with Crippen LogP contribution in [0, 0.1) is 5.82 Å². The van der Waals surface area contributed by atoms with Gasteiger partial charge in [-0.05, 0) is 38.1 Å². The standard InChI is InChI=1S/C20H25FN2O3/c1-4-25-18-10-9-17(12-19(18)26-5-2)22-20(24)14-23(3)13-15-7-6-8-16(21)11-15/h6-12H,4-5,13-14H2,1-3H3,(H,22,24)/p+1. The summed E-state index contributed by atoms with van der Waals surface area (Å²) in [6.45, 7) is 5.69. The van der Waals surface area contributed by atoms with Crippen molar-refractivity contribution in [3.63, 3.8) is 0 Å². The lowest BCUT2D eigenvalue weighted by Crippen LogP contribution is -3.08. The number of carbonyl (C=O) groups is 1. The van der Waals surface area contributed by atoms with Crippen LogP contribution in [0.2, 0.25) is 0 Å². The summed E-state index contributed by atoms with van der Waals surface area (Å²) in [7, 11) is 1.90. The molecule has 0 aromatic heterocycles. The predicted molar refractivity (Wildman–Crippen MR) is 99.3 cm³/mol. The summed E-state index contributed by atoms with van der Waals surface area (Å²) in [6.07, 6.45) is 0. The van der Waals surface area contributed by atoms with E-state index in [1.165, 1.54) is 12.1 Å². The van der Waals surface area contributed by atoms with Crippen LogP contribution in [-0.2, 0) is 11.3 Å². The fourth-order valence-electron chi connectivity index (χ4n) is 2.67. The Hall–Kier alpha value is -2.60. The maximum Gasteiger partial charge on any atom is 0.279 e. The molecule has 1 amide bonds. The number of carbonyl (C=O) groups excluding carboxylic acids is 1. The first kappa shape index (κ1) is 19.7. The molecule has 0 saturated carbocycles. The fraction of sp³-hybridized carbons (Fsp3) is 0.350. The largest absolute Gasteiger partial charge is 0.490 e. The maximum absolute atomic E-state index is 13.2. The number of quaternary nitrogens is 1. The van der Waals surface area contributed by atoms with Crippen LogP contribution in [0.1, 0.15) is 19.4 Å². The topological polar surface area (TPSA) is 52.0 Å². The number of amides is 1. The molecule has 0 aliphatic rings. The van der Waals surface area contributed by atoms with E-state index in [4.69, 9.17) is 9.47 Å². The zero-order valence-electron chi connectivity index (χ0n) is 15.5. The minimum Gasteiger partial charge on any atom is -0.490 e. The highest BCUT2D eigenvalue weighted by Gasteiger charge is 2.13. The number of anilines is 1. The number of rotatable bonds is 9. The maximum atomic E-state index is 13.2. The average molecular weight is 361 g/mol. The second-order valence-electron chi connectivity index (χ2n) is 6.02. The van der Waals surface area contributed by atoms with Gasteiger partial charge in [0, 0.05) is 17.3 Å². The van der Waals surface area contributed by atoms with Crippen LogP contribution in [0.4, 0.5) is 10.1 Å². The van der Waals surface area contributed by atoms with Gasteiger partial charge in [-0.1, -0.05) is 12.1 Å². The molecule has 0 spiro atoms. The summed E-state index contributed by atoms with van der Waals surface area (Å²) in [5, 5.41) is 2.87. The van der Waals surface area contributed by atoms with Crippen LogP contribution in [0.15, 0.2) is 42.5 Å². The van der Waals surface area contributed by atoms with E-state index in [9.17, 15) is 9.18 Å². The SMILES string of the molecule is CCOc1ccc(NC(=O)C[NH+](C)Cc2cccc(F)c2)cc1OCC. The first-order valence-corrected chi connectivity index (χ1v) is 8.77. The summed E-state index contributed by atoms with van der Waals surface area (Å²) in [6, 6.07) is 11.8. The minimum atomic E-state index is -0.266. The van der Waals surface area contributed by atoms with Crippen LogP contribution in [0.3, 0.4) is 0 Å². The highest BCUT2D eigenvalue weighted by atomic mass is 19.1. The van der Waals surface area contributed by atoms with Crippen molar-refractivity contribution in [3.8, 4) is 11.5 Å². The van der Waals surface area contributed by atoms with Crippen molar-refractivity contribution >= 4 is 11.6 Å². The summed E-state index contributed by atoms with van der Waals surface area (Å²) in [5.74, 6) is 0.872. The molecule has 5 nitrogen and oxygen atoms in total. The Morgan fingerprint density at radius 1 is 1.08 bits per heavy atom. The second-order valence-corrected chi connectivity index (χ2v) is 6.02. The summed E-state index contributed by atoms with van der Waals surface area (Å²) in [5.41, 5.74) is 1.51. The zero-order chi connectivity index (χ0) is 18.9. The van der Waals surface area contributed by atoms with E-state index >= 15 is 0 Å². The third kappa shape index (κ3) is 6.04. The average Bonchev–Trinajstić information content (AvgIpc) is 2.57. The van der Waals surface area contributed by atoms with Crippen LogP contribution >= 0.6 is 0 Å². The van der Waals surface area contributed by atoms with Gasteiger partial charge in [0.1, 0.15) is 12.4 Å². The molecule has 2 aromatic rings. The molecule has 2 N–H and O–H groups in total. The van der Waals surface area contributed by atoms with Gasteiger partial charge in [-0.25, -0.2) is 4.39 Å². The van der Waals surface area contributed by atoms with Crippen LogP contribution < -0.4 is 19.7 Å². The van der Waals surface area contributed by atoms with Crippen molar-refractivity contribution in [2.24, 2.45) is 0 Å². The van der Waals surface area contributed by atoms with Crippen molar-refractivity contribution in [1.29, 1.82) is 0 Å². The Kier molecular flexibility index (Phi) is 7.41. The molecular weight excluding hydrogens is 335 g/mol. The Labute approximate surface area is 153 Å². The van der Waals surface area contributed by atoms with Crippen molar-refractivity contribution in [3.05, 3.63) is 53.8 Å². The number of benzene rings is 2. The van der Waals surface area contributed by atoms with E-state index in [1.807, 2.05) is 27.0 Å². The molecule has 0 heterocycles. The summed E-state index contributed by atoms with van der Waals surface area (Å²) >= 11 is 0. The molecule has 0 bridgehead atoms. The predicted octanol–water partition coefficient (Wildman–Crippen LogP) is 2.28. The van der Waals surface area contributed by atoms with E-state index in [0.717, 1.165) is 10.5 Å². The molecular formula is C20H26FN2O3+.